The first-order valence-electron chi connectivity index (χ1n) is 8.13. The van der Waals surface area contributed by atoms with E-state index in [2.05, 4.69) is 63.1 Å². The van der Waals surface area contributed by atoms with Gasteiger partial charge < -0.3 is 9.47 Å². The molecule has 0 spiro atoms. The molecule has 112 valence electrons. The van der Waals surface area contributed by atoms with Crippen molar-refractivity contribution in [1.29, 1.82) is 0 Å². The fraction of sp³-hybridized carbons (Fsp3) is 0.316. The minimum atomic E-state index is 1.01. The number of aromatic nitrogens is 2. The predicted octanol–water partition coefficient (Wildman–Crippen LogP) is 3.80. The SMILES string of the molecule is c1ccc2c(-c3nccn3CCN3CCCC3)cccc2c1. The summed E-state index contributed by atoms with van der Waals surface area (Å²) < 4.78 is 2.29. The van der Waals surface area contributed by atoms with Crippen molar-refractivity contribution >= 4 is 10.8 Å². The number of nitrogens with zero attached hydrogens (tertiary/aromatic N) is 3. The second kappa shape index (κ2) is 5.93. The zero-order valence-electron chi connectivity index (χ0n) is 12.8. The number of hydrogen-bond acceptors (Lipinski definition) is 2. The Kier molecular flexibility index (Phi) is 3.65. The Morgan fingerprint density at radius 2 is 1.73 bits per heavy atom. The predicted molar refractivity (Wildman–Crippen MR) is 90.8 cm³/mol. The van der Waals surface area contributed by atoms with Gasteiger partial charge in [-0.05, 0) is 36.7 Å². The van der Waals surface area contributed by atoms with Crippen molar-refractivity contribution < 1.29 is 0 Å². The summed E-state index contributed by atoms with van der Waals surface area (Å²) in [5.41, 5.74) is 1.23. The van der Waals surface area contributed by atoms with E-state index >= 15 is 0 Å². The highest BCUT2D eigenvalue weighted by atomic mass is 15.2. The van der Waals surface area contributed by atoms with E-state index in [-0.39, 0.29) is 0 Å². The van der Waals surface area contributed by atoms with Gasteiger partial charge in [0.1, 0.15) is 5.82 Å². The Bertz CT molecular complexity index is 764. The van der Waals surface area contributed by atoms with Gasteiger partial charge in [-0.15, -0.1) is 0 Å². The maximum Gasteiger partial charge on any atom is 0.140 e. The molecule has 2 aromatic carbocycles. The van der Waals surface area contributed by atoms with Crippen molar-refractivity contribution in [3.8, 4) is 11.4 Å². The third-order valence-corrected chi connectivity index (χ3v) is 4.60. The number of rotatable bonds is 4. The summed E-state index contributed by atoms with van der Waals surface area (Å²) in [6, 6.07) is 15.0. The standard InChI is InChI=1S/C19H21N3/c1-2-8-17-16(6-1)7-5-9-18(17)19-20-10-13-22(19)15-14-21-11-3-4-12-21/h1-2,5-10,13H,3-4,11-12,14-15H2. The Balaban J connectivity index is 1.66. The molecular formula is C19H21N3. The van der Waals surface area contributed by atoms with E-state index in [1.165, 1.54) is 42.3 Å². The van der Waals surface area contributed by atoms with Crippen LogP contribution in [-0.2, 0) is 6.54 Å². The quantitative estimate of drug-likeness (QED) is 0.729. The van der Waals surface area contributed by atoms with E-state index in [4.69, 9.17) is 0 Å². The molecule has 1 aromatic heterocycles. The Hall–Kier alpha value is -2.13. The lowest BCUT2D eigenvalue weighted by molar-refractivity contribution is 0.323. The molecule has 0 amide bonds. The van der Waals surface area contributed by atoms with Crippen molar-refractivity contribution in [3.63, 3.8) is 0 Å². The van der Waals surface area contributed by atoms with Gasteiger partial charge in [0, 0.05) is 31.0 Å². The molecule has 0 saturated carbocycles. The van der Waals surface area contributed by atoms with Gasteiger partial charge in [-0.1, -0.05) is 42.5 Å². The summed E-state index contributed by atoms with van der Waals surface area (Å²) in [4.78, 5) is 7.17. The molecule has 3 aromatic rings. The van der Waals surface area contributed by atoms with Crippen LogP contribution in [-0.4, -0.2) is 34.1 Å². The fourth-order valence-corrected chi connectivity index (χ4v) is 3.41. The Morgan fingerprint density at radius 1 is 0.909 bits per heavy atom. The molecule has 1 aliphatic heterocycles. The van der Waals surface area contributed by atoms with Crippen molar-refractivity contribution in [1.82, 2.24) is 14.5 Å². The first-order chi connectivity index (χ1) is 10.9. The molecule has 0 aliphatic carbocycles. The van der Waals surface area contributed by atoms with Crippen molar-refractivity contribution in [2.45, 2.75) is 19.4 Å². The molecule has 3 heteroatoms. The minimum absolute atomic E-state index is 1.01. The zero-order valence-corrected chi connectivity index (χ0v) is 12.8. The van der Waals surface area contributed by atoms with E-state index in [9.17, 15) is 0 Å². The topological polar surface area (TPSA) is 21.1 Å². The summed E-state index contributed by atoms with van der Waals surface area (Å²) in [7, 11) is 0. The van der Waals surface area contributed by atoms with Crippen LogP contribution in [0.25, 0.3) is 22.2 Å². The highest BCUT2D eigenvalue weighted by Crippen LogP contribution is 2.27. The molecular weight excluding hydrogens is 270 g/mol. The molecule has 2 heterocycles. The Labute approximate surface area is 131 Å². The number of likely N-dealkylation sites (tertiary alicyclic amines) is 1. The largest absolute Gasteiger partial charge is 0.330 e. The Morgan fingerprint density at radius 3 is 2.64 bits per heavy atom. The van der Waals surface area contributed by atoms with Crippen molar-refractivity contribution in [2.75, 3.05) is 19.6 Å². The molecule has 1 fully saturated rings. The summed E-state index contributed by atoms with van der Waals surface area (Å²) in [6.45, 7) is 4.63. The van der Waals surface area contributed by atoms with Gasteiger partial charge in [0.2, 0.25) is 0 Å². The van der Waals surface area contributed by atoms with Crippen LogP contribution in [0.4, 0.5) is 0 Å². The molecule has 4 rings (SSSR count). The molecule has 1 aliphatic rings. The van der Waals surface area contributed by atoms with Crippen molar-refractivity contribution in [2.24, 2.45) is 0 Å². The molecule has 0 N–H and O–H groups in total. The molecule has 3 nitrogen and oxygen atoms in total. The second-order valence-corrected chi connectivity index (χ2v) is 6.02. The third kappa shape index (κ3) is 2.53. The van der Waals surface area contributed by atoms with E-state index < -0.39 is 0 Å². The second-order valence-electron chi connectivity index (χ2n) is 6.02. The molecule has 0 bridgehead atoms. The third-order valence-electron chi connectivity index (χ3n) is 4.60. The average molecular weight is 291 g/mol. The molecule has 22 heavy (non-hydrogen) atoms. The van der Waals surface area contributed by atoms with Crippen molar-refractivity contribution in [3.05, 3.63) is 54.9 Å². The van der Waals surface area contributed by atoms with Crippen LogP contribution >= 0.6 is 0 Å². The van der Waals surface area contributed by atoms with E-state index in [0.29, 0.717) is 0 Å². The van der Waals surface area contributed by atoms with Crippen LogP contribution in [0.5, 0.6) is 0 Å². The lowest BCUT2D eigenvalue weighted by atomic mass is 10.0. The molecule has 1 saturated heterocycles. The van der Waals surface area contributed by atoms with Crippen LogP contribution in [0.2, 0.25) is 0 Å². The maximum atomic E-state index is 4.63. The van der Waals surface area contributed by atoms with Crippen LogP contribution in [0.3, 0.4) is 0 Å². The average Bonchev–Trinajstić information content (AvgIpc) is 3.24. The smallest absolute Gasteiger partial charge is 0.140 e. The summed E-state index contributed by atoms with van der Waals surface area (Å²) in [6.07, 6.45) is 6.72. The molecule has 0 radical (unpaired) electrons. The van der Waals surface area contributed by atoms with E-state index in [0.717, 1.165) is 18.9 Å². The first-order valence-corrected chi connectivity index (χ1v) is 8.13. The highest BCUT2D eigenvalue weighted by molar-refractivity contribution is 5.95. The monoisotopic (exact) mass is 291 g/mol. The van der Waals surface area contributed by atoms with Gasteiger partial charge in [0.05, 0.1) is 0 Å². The van der Waals surface area contributed by atoms with E-state index in [1.54, 1.807) is 0 Å². The number of hydrogen-bond donors (Lipinski definition) is 0. The molecule has 0 atom stereocenters. The lowest BCUT2D eigenvalue weighted by Crippen LogP contribution is -2.24. The summed E-state index contributed by atoms with van der Waals surface area (Å²) in [5.74, 6) is 1.08. The number of benzene rings is 2. The first kappa shape index (κ1) is 13.5. The van der Waals surface area contributed by atoms with E-state index in [1.807, 2.05) is 6.20 Å². The van der Waals surface area contributed by atoms with Gasteiger partial charge in [-0.3, -0.25) is 0 Å². The summed E-state index contributed by atoms with van der Waals surface area (Å²) >= 11 is 0. The van der Waals surface area contributed by atoms with Crippen LogP contribution in [0.15, 0.2) is 54.9 Å². The van der Waals surface area contributed by atoms with Crippen LogP contribution in [0.1, 0.15) is 12.8 Å². The minimum Gasteiger partial charge on any atom is -0.330 e. The highest BCUT2D eigenvalue weighted by Gasteiger charge is 2.13. The number of fused-ring (bicyclic) bond motifs is 1. The zero-order chi connectivity index (χ0) is 14.8. The summed E-state index contributed by atoms with van der Waals surface area (Å²) in [5, 5.41) is 2.55. The van der Waals surface area contributed by atoms with Gasteiger partial charge in [0.15, 0.2) is 0 Å². The van der Waals surface area contributed by atoms with Gasteiger partial charge in [-0.2, -0.15) is 0 Å². The number of imidazole rings is 1. The lowest BCUT2D eigenvalue weighted by Gasteiger charge is -2.16. The van der Waals surface area contributed by atoms with Gasteiger partial charge >= 0.3 is 0 Å². The van der Waals surface area contributed by atoms with Gasteiger partial charge in [-0.25, -0.2) is 4.98 Å². The van der Waals surface area contributed by atoms with Crippen LogP contribution in [0, 0.1) is 0 Å². The molecule has 0 unspecified atom stereocenters. The van der Waals surface area contributed by atoms with Gasteiger partial charge in [0.25, 0.3) is 0 Å². The maximum absolute atomic E-state index is 4.63. The normalized spacial score (nSPS) is 15.6. The van der Waals surface area contributed by atoms with Crippen LogP contribution < -0.4 is 0 Å². The fourth-order valence-electron chi connectivity index (χ4n) is 3.41.